The summed E-state index contributed by atoms with van der Waals surface area (Å²) in [6.07, 6.45) is 2.50. The van der Waals surface area contributed by atoms with Gasteiger partial charge in [-0.2, -0.15) is 0 Å². The number of hydrogen-bond donors (Lipinski definition) is 2. The van der Waals surface area contributed by atoms with Crippen LogP contribution in [0.3, 0.4) is 0 Å². The van der Waals surface area contributed by atoms with Crippen LogP contribution in [0, 0.1) is 0 Å². The first kappa shape index (κ1) is 20.9. The zero-order chi connectivity index (χ0) is 20.0. The number of unbranched alkanes of at least 4 members (excludes halogenated alkanes) is 1. The minimum Gasteiger partial charge on any atom is -0.353 e. The van der Waals surface area contributed by atoms with Crippen LogP contribution in [-0.4, -0.2) is 48.3 Å². The average molecular weight is 373 g/mol. The van der Waals surface area contributed by atoms with Gasteiger partial charge in [0.05, 0.1) is 6.54 Å². The molecule has 1 unspecified atom stereocenters. The molecule has 1 fully saturated rings. The third-order valence-corrected chi connectivity index (χ3v) is 4.90. The van der Waals surface area contributed by atoms with Crippen molar-refractivity contribution in [2.24, 2.45) is 0 Å². The quantitative estimate of drug-likeness (QED) is 0.803. The lowest BCUT2D eigenvalue weighted by atomic mass is 9.87. The normalized spacial score (nSPS) is 17.4. The molecule has 0 saturated carbocycles. The van der Waals surface area contributed by atoms with E-state index in [1.165, 1.54) is 0 Å². The largest absolute Gasteiger partial charge is 0.353 e. The van der Waals surface area contributed by atoms with E-state index in [4.69, 9.17) is 0 Å². The second kappa shape index (κ2) is 9.02. The van der Waals surface area contributed by atoms with Gasteiger partial charge in [-0.05, 0) is 29.5 Å². The lowest BCUT2D eigenvalue weighted by molar-refractivity contribution is -0.142. The van der Waals surface area contributed by atoms with Gasteiger partial charge in [0.2, 0.25) is 11.8 Å². The molecule has 1 aromatic carbocycles. The fourth-order valence-corrected chi connectivity index (χ4v) is 3.18. The van der Waals surface area contributed by atoms with Crippen molar-refractivity contribution < 1.29 is 14.4 Å². The number of hydrogen-bond acceptors (Lipinski definition) is 3. The number of nitrogens with one attached hydrogen (secondary N) is 2. The summed E-state index contributed by atoms with van der Waals surface area (Å²) in [5, 5.41) is 5.50. The molecule has 148 valence electrons. The van der Waals surface area contributed by atoms with Gasteiger partial charge in [-0.25, -0.2) is 0 Å². The molecular weight excluding hydrogens is 342 g/mol. The van der Waals surface area contributed by atoms with Crippen LogP contribution in [0.1, 0.15) is 62.9 Å². The fourth-order valence-electron chi connectivity index (χ4n) is 3.18. The molecule has 1 aromatic rings. The number of nitrogens with zero attached hydrogens (tertiary/aromatic N) is 1. The predicted octanol–water partition coefficient (Wildman–Crippen LogP) is 2.23. The Morgan fingerprint density at radius 2 is 1.89 bits per heavy atom. The summed E-state index contributed by atoms with van der Waals surface area (Å²) < 4.78 is 0. The lowest BCUT2D eigenvalue weighted by Gasteiger charge is -2.35. The molecule has 0 aliphatic carbocycles. The Kier molecular flexibility index (Phi) is 6.99. The van der Waals surface area contributed by atoms with Gasteiger partial charge in [0.1, 0.15) is 6.04 Å². The van der Waals surface area contributed by atoms with Gasteiger partial charge in [0.15, 0.2) is 0 Å². The molecule has 1 aliphatic rings. The fraction of sp³-hybridized carbons (Fsp3) is 0.571. The molecular formula is C21H31N3O3. The van der Waals surface area contributed by atoms with E-state index in [1.807, 2.05) is 12.1 Å². The second-order valence-electron chi connectivity index (χ2n) is 8.05. The van der Waals surface area contributed by atoms with Crippen LogP contribution in [-0.2, 0) is 15.0 Å². The summed E-state index contributed by atoms with van der Waals surface area (Å²) in [6.45, 7) is 9.23. The highest BCUT2D eigenvalue weighted by atomic mass is 16.2. The number of piperazine rings is 1. The zero-order valence-electron chi connectivity index (χ0n) is 16.8. The van der Waals surface area contributed by atoms with E-state index in [2.05, 4.69) is 38.3 Å². The summed E-state index contributed by atoms with van der Waals surface area (Å²) in [5.74, 6) is -0.604. The third kappa shape index (κ3) is 5.55. The van der Waals surface area contributed by atoms with Crippen molar-refractivity contribution in [3.8, 4) is 0 Å². The monoisotopic (exact) mass is 373 g/mol. The van der Waals surface area contributed by atoms with Gasteiger partial charge >= 0.3 is 0 Å². The van der Waals surface area contributed by atoms with E-state index >= 15 is 0 Å². The highest BCUT2D eigenvalue weighted by molar-refractivity contribution is 5.97. The smallest absolute Gasteiger partial charge is 0.251 e. The van der Waals surface area contributed by atoms with Gasteiger partial charge in [0.25, 0.3) is 5.91 Å². The van der Waals surface area contributed by atoms with Crippen LogP contribution in [0.2, 0.25) is 0 Å². The Morgan fingerprint density at radius 3 is 2.48 bits per heavy atom. The molecule has 3 amide bonds. The average Bonchev–Trinajstić information content (AvgIpc) is 2.64. The topological polar surface area (TPSA) is 78.5 Å². The SMILES string of the molecule is CCCCC1C(=O)NCCN1C(=O)CNC(=O)c1ccc(C(C)(C)C)cc1. The number of rotatable bonds is 6. The van der Waals surface area contributed by atoms with E-state index in [-0.39, 0.29) is 29.7 Å². The van der Waals surface area contributed by atoms with Gasteiger partial charge in [-0.3, -0.25) is 14.4 Å². The van der Waals surface area contributed by atoms with E-state index in [0.717, 1.165) is 18.4 Å². The first-order valence-corrected chi connectivity index (χ1v) is 9.70. The minimum atomic E-state index is -0.436. The van der Waals surface area contributed by atoms with Crippen molar-refractivity contribution >= 4 is 17.7 Å². The van der Waals surface area contributed by atoms with Crippen LogP contribution in [0.15, 0.2) is 24.3 Å². The summed E-state index contributed by atoms with van der Waals surface area (Å²) in [7, 11) is 0. The number of carbonyl (C=O) groups is 3. The molecule has 1 atom stereocenters. The Morgan fingerprint density at radius 1 is 1.22 bits per heavy atom. The maximum absolute atomic E-state index is 12.6. The molecule has 1 saturated heterocycles. The van der Waals surface area contributed by atoms with Crippen LogP contribution in [0.4, 0.5) is 0 Å². The van der Waals surface area contributed by atoms with E-state index < -0.39 is 6.04 Å². The molecule has 0 bridgehead atoms. The van der Waals surface area contributed by atoms with Crippen molar-refractivity contribution in [1.29, 1.82) is 0 Å². The second-order valence-corrected chi connectivity index (χ2v) is 8.05. The summed E-state index contributed by atoms with van der Waals surface area (Å²) in [4.78, 5) is 38.6. The van der Waals surface area contributed by atoms with Crippen molar-refractivity contribution in [1.82, 2.24) is 15.5 Å². The molecule has 6 heteroatoms. The van der Waals surface area contributed by atoms with Gasteiger partial charge < -0.3 is 15.5 Å². The van der Waals surface area contributed by atoms with Gasteiger partial charge in [-0.15, -0.1) is 0 Å². The maximum atomic E-state index is 12.6. The maximum Gasteiger partial charge on any atom is 0.251 e. The number of amides is 3. The van der Waals surface area contributed by atoms with Crippen LogP contribution >= 0.6 is 0 Å². The Labute approximate surface area is 161 Å². The molecule has 27 heavy (non-hydrogen) atoms. The third-order valence-electron chi connectivity index (χ3n) is 4.90. The van der Waals surface area contributed by atoms with Crippen molar-refractivity contribution in [3.63, 3.8) is 0 Å². The van der Waals surface area contributed by atoms with Gasteiger partial charge in [-0.1, -0.05) is 52.7 Å². The van der Waals surface area contributed by atoms with Crippen LogP contribution in [0.5, 0.6) is 0 Å². The first-order chi connectivity index (χ1) is 12.7. The van der Waals surface area contributed by atoms with E-state index in [1.54, 1.807) is 17.0 Å². The van der Waals surface area contributed by atoms with E-state index in [9.17, 15) is 14.4 Å². The minimum absolute atomic E-state index is 0.0211. The van der Waals surface area contributed by atoms with Crippen LogP contribution in [0.25, 0.3) is 0 Å². The predicted molar refractivity (Wildman–Crippen MR) is 106 cm³/mol. The van der Waals surface area contributed by atoms with Crippen molar-refractivity contribution in [2.75, 3.05) is 19.6 Å². The van der Waals surface area contributed by atoms with E-state index in [0.29, 0.717) is 25.1 Å². The molecule has 2 rings (SSSR count). The van der Waals surface area contributed by atoms with Gasteiger partial charge in [0, 0.05) is 18.7 Å². The van der Waals surface area contributed by atoms with Crippen LogP contribution < -0.4 is 10.6 Å². The lowest BCUT2D eigenvalue weighted by Crippen LogP contribution is -2.58. The first-order valence-electron chi connectivity index (χ1n) is 9.70. The zero-order valence-corrected chi connectivity index (χ0v) is 16.8. The van der Waals surface area contributed by atoms with Crippen molar-refractivity contribution in [2.45, 2.75) is 58.4 Å². The molecule has 0 spiro atoms. The molecule has 1 aliphatic heterocycles. The standard InChI is InChI=1S/C21H31N3O3/c1-5-6-7-17-20(27)22-12-13-24(17)18(25)14-23-19(26)15-8-10-16(11-9-15)21(2,3)4/h8-11,17H,5-7,12-14H2,1-4H3,(H,22,27)(H,23,26). The Balaban J connectivity index is 1.95. The number of benzene rings is 1. The Bertz CT molecular complexity index is 677. The summed E-state index contributed by atoms with van der Waals surface area (Å²) in [6, 6.07) is 6.99. The number of carbonyl (C=O) groups excluding carboxylic acids is 3. The molecule has 0 radical (unpaired) electrons. The van der Waals surface area contributed by atoms with Crippen molar-refractivity contribution in [3.05, 3.63) is 35.4 Å². The Hall–Kier alpha value is -2.37. The molecule has 2 N–H and O–H groups in total. The summed E-state index contributed by atoms with van der Waals surface area (Å²) >= 11 is 0. The molecule has 6 nitrogen and oxygen atoms in total. The summed E-state index contributed by atoms with van der Waals surface area (Å²) in [5.41, 5.74) is 1.69. The molecule has 0 aromatic heterocycles. The highest BCUT2D eigenvalue weighted by Gasteiger charge is 2.32. The highest BCUT2D eigenvalue weighted by Crippen LogP contribution is 2.22. The molecule has 1 heterocycles.